The first-order valence-corrected chi connectivity index (χ1v) is 6.40. The first kappa shape index (κ1) is 12.1. The van der Waals surface area contributed by atoms with Gasteiger partial charge in [0.25, 0.3) is 0 Å². The molecule has 0 amide bonds. The van der Waals surface area contributed by atoms with E-state index in [1.807, 2.05) is 12.3 Å². The van der Waals surface area contributed by atoms with E-state index < -0.39 is 0 Å². The van der Waals surface area contributed by atoms with Crippen molar-refractivity contribution < 1.29 is 9.13 Å². The summed E-state index contributed by atoms with van der Waals surface area (Å²) in [5.41, 5.74) is 1.09. The minimum absolute atomic E-state index is 0.271. The first-order valence-electron chi connectivity index (χ1n) is 6.40. The SMILES string of the molecule is Fc1ccc(Oc2cncc(CNC3CC3)c2)cc1. The summed E-state index contributed by atoms with van der Waals surface area (Å²) in [5.74, 6) is 1.00. The van der Waals surface area contributed by atoms with E-state index in [4.69, 9.17) is 4.74 Å². The number of halogens is 1. The summed E-state index contributed by atoms with van der Waals surface area (Å²) in [6, 6.07) is 8.57. The molecule has 98 valence electrons. The minimum atomic E-state index is -0.271. The number of rotatable bonds is 5. The van der Waals surface area contributed by atoms with Gasteiger partial charge in [-0.05, 0) is 48.7 Å². The molecule has 0 aliphatic heterocycles. The van der Waals surface area contributed by atoms with Crippen LogP contribution in [0.3, 0.4) is 0 Å². The second kappa shape index (κ2) is 5.36. The van der Waals surface area contributed by atoms with Gasteiger partial charge < -0.3 is 10.1 Å². The Morgan fingerprint density at radius 2 is 1.95 bits per heavy atom. The fourth-order valence-corrected chi connectivity index (χ4v) is 1.80. The van der Waals surface area contributed by atoms with Gasteiger partial charge in [-0.3, -0.25) is 4.98 Å². The molecule has 0 radical (unpaired) electrons. The number of hydrogen-bond donors (Lipinski definition) is 1. The van der Waals surface area contributed by atoms with Gasteiger partial charge in [0.2, 0.25) is 0 Å². The number of pyridine rings is 1. The standard InChI is InChI=1S/C15H15FN2O/c16-12-1-5-14(6-2-12)19-15-7-11(8-17-10-15)9-18-13-3-4-13/h1-2,5-8,10,13,18H,3-4,9H2. The molecule has 4 heteroatoms. The van der Waals surface area contributed by atoms with Gasteiger partial charge in [0.1, 0.15) is 17.3 Å². The Balaban J connectivity index is 1.66. The summed E-state index contributed by atoms with van der Waals surface area (Å²) in [6.07, 6.45) is 6.01. The Kier molecular flexibility index (Phi) is 3.42. The van der Waals surface area contributed by atoms with Crippen molar-refractivity contribution in [2.45, 2.75) is 25.4 Å². The van der Waals surface area contributed by atoms with Crippen LogP contribution in [0.4, 0.5) is 4.39 Å². The van der Waals surface area contributed by atoms with Gasteiger partial charge in [-0.2, -0.15) is 0 Å². The molecule has 1 saturated carbocycles. The number of hydrogen-bond acceptors (Lipinski definition) is 3. The molecule has 1 aliphatic rings. The molecule has 0 unspecified atom stereocenters. The van der Waals surface area contributed by atoms with Crippen LogP contribution in [0.1, 0.15) is 18.4 Å². The highest BCUT2D eigenvalue weighted by Gasteiger charge is 2.19. The van der Waals surface area contributed by atoms with Crippen LogP contribution in [0.15, 0.2) is 42.7 Å². The lowest BCUT2D eigenvalue weighted by atomic mass is 10.2. The minimum Gasteiger partial charge on any atom is -0.456 e. The third-order valence-electron chi connectivity index (χ3n) is 2.99. The van der Waals surface area contributed by atoms with E-state index in [1.54, 1.807) is 18.3 Å². The third-order valence-corrected chi connectivity index (χ3v) is 2.99. The fourth-order valence-electron chi connectivity index (χ4n) is 1.80. The second-order valence-electron chi connectivity index (χ2n) is 4.74. The van der Waals surface area contributed by atoms with E-state index in [0.717, 1.165) is 12.1 Å². The number of nitrogens with one attached hydrogen (secondary N) is 1. The van der Waals surface area contributed by atoms with Gasteiger partial charge >= 0.3 is 0 Å². The van der Waals surface area contributed by atoms with Gasteiger partial charge in [0.15, 0.2) is 0 Å². The van der Waals surface area contributed by atoms with Crippen molar-refractivity contribution in [1.29, 1.82) is 0 Å². The van der Waals surface area contributed by atoms with Crippen LogP contribution in [0.2, 0.25) is 0 Å². The lowest BCUT2D eigenvalue weighted by molar-refractivity contribution is 0.477. The Hall–Kier alpha value is -1.94. The van der Waals surface area contributed by atoms with Crippen LogP contribution in [0.5, 0.6) is 11.5 Å². The van der Waals surface area contributed by atoms with E-state index in [9.17, 15) is 4.39 Å². The van der Waals surface area contributed by atoms with E-state index in [1.165, 1.54) is 25.0 Å². The maximum atomic E-state index is 12.8. The van der Waals surface area contributed by atoms with Crippen molar-refractivity contribution in [3.8, 4) is 11.5 Å². The largest absolute Gasteiger partial charge is 0.456 e. The molecule has 0 bridgehead atoms. The Morgan fingerprint density at radius 3 is 2.68 bits per heavy atom. The molecular weight excluding hydrogens is 243 g/mol. The summed E-state index contributed by atoms with van der Waals surface area (Å²) < 4.78 is 18.4. The van der Waals surface area contributed by atoms with E-state index in [0.29, 0.717) is 17.5 Å². The molecule has 3 rings (SSSR count). The van der Waals surface area contributed by atoms with E-state index in [-0.39, 0.29) is 5.82 Å². The van der Waals surface area contributed by atoms with E-state index >= 15 is 0 Å². The number of aromatic nitrogens is 1. The average molecular weight is 258 g/mol. The fraction of sp³-hybridized carbons (Fsp3) is 0.267. The molecule has 1 aromatic carbocycles. The normalized spacial score (nSPS) is 14.4. The Morgan fingerprint density at radius 1 is 1.16 bits per heavy atom. The van der Waals surface area contributed by atoms with Crippen molar-refractivity contribution in [2.24, 2.45) is 0 Å². The molecule has 2 aromatic rings. The monoisotopic (exact) mass is 258 g/mol. The molecule has 3 nitrogen and oxygen atoms in total. The summed E-state index contributed by atoms with van der Waals surface area (Å²) in [5, 5.41) is 3.43. The Bertz CT molecular complexity index is 552. The predicted octanol–water partition coefficient (Wildman–Crippen LogP) is 3.27. The van der Waals surface area contributed by atoms with Crippen LogP contribution < -0.4 is 10.1 Å². The highest BCUT2D eigenvalue weighted by molar-refractivity contribution is 5.31. The average Bonchev–Trinajstić information content (AvgIpc) is 3.24. The smallest absolute Gasteiger partial charge is 0.146 e. The highest BCUT2D eigenvalue weighted by atomic mass is 19.1. The third kappa shape index (κ3) is 3.51. The molecule has 19 heavy (non-hydrogen) atoms. The van der Waals surface area contributed by atoms with Crippen molar-refractivity contribution in [1.82, 2.24) is 10.3 Å². The van der Waals surface area contributed by atoms with Crippen LogP contribution in [0, 0.1) is 5.82 Å². The Labute approximate surface area is 111 Å². The summed E-state index contributed by atoms with van der Waals surface area (Å²) >= 11 is 0. The molecule has 1 aliphatic carbocycles. The molecule has 0 spiro atoms. The molecule has 0 saturated heterocycles. The van der Waals surface area contributed by atoms with Crippen LogP contribution in [-0.2, 0) is 6.54 Å². The van der Waals surface area contributed by atoms with Crippen molar-refractivity contribution in [2.75, 3.05) is 0 Å². The maximum absolute atomic E-state index is 12.8. The van der Waals surface area contributed by atoms with E-state index in [2.05, 4.69) is 10.3 Å². The summed E-state index contributed by atoms with van der Waals surface area (Å²) in [4.78, 5) is 4.16. The topological polar surface area (TPSA) is 34.1 Å². The second-order valence-corrected chi connectivity index (χ2v) is 4.74. The van der Waals surface area contributed by atoms with Crippen LogP contribution in [0.25, 0.3) is 0 Å². The van der Waals surface area contributed by atoms with Crippen molar-refractivity contribution in [3.05, 3.63) is 54.1 Å². The van der Waals surface area contributed by atoms with Gasteiger partial charge in [0, 0.05) is 18.8 Å². The molecule has 1 N–H and O–H groups in total. The number of benzene rings is 1. The molecule has 1 heterocycles. The molecule has 0 atom stereocenters. The molecule has 1 aromatic heterocycles. The first-order chi connectivity index (χ1) is 9.29. The molecule has 1 fully saturated rings. The van der Waals surface area contributed by atoms with Gasteiger partial charge in [-0.25, -0.2) is 4.39 Å². The van der Waals surface area contributed by atoms with Crippen LogP contribution in [-0.4, -0.2) is 11.0 Å². The zero-order valence-electron chi connectivity index (χ0n) is 10.5. The summed E-state index contributed by atoms with van der Waals surface area (Å²) in [6.45, 7) is 0.804. The maximum Gasteiger partial charge on any atom is 0.146 e. The summed E-state index contributed by atoms with van der Waals surface area (Å²) in [7, 11) is 0. The zero-order valence-corrected chi connectivity index (χ0v) is 10.5. The van der Waals surface area contributed by atoms with Gasteiger partial charge in [0.05, 0.1) is 6.20 Å². The van der Waals surface area contributed by atoms with Gasteiger partial charge in [-0.1, -0.05) is 0 Å². The zero-order chi connectivity index (χ0) is 13.1. The number of ether oxygens (including phenoxy) is 1. The number of nitrogens with zero attached hydrogens (tertiary/aromatic N) is 1. The van der Waals surface area contributed by atoms with Crippen LogP contribution >= 0.6 is 0 Å². The highest BCUT2D eigenvalue weighted by Crippen LogP contribution is 2.23. The van der Waals surface area contributed by atoms with Crippen molar-refractivity contribution in [3.63, 3.8) is 0 Å². The van der Waals surface area contributed by atoms with Crippen molar-refractivity contribution >= 4 is 0 Å². The lowest BCUT2D eigenvalue weighted by Crippen LogP contribution is -2.15. The lowest BCUT2D eigenvalue weighted by Gasteiger charge is -2.07. The predicted molar refractivity (Wildman–Crippen MR) is 70.6 cm³/mol. The molecular formula is C15H15FN2O. The van der Waals surface area contributed by atoms with Gasteiger partial charge in [-0.15, -0.1) is 0 Å². The quantitative estimate of drug-likeness (QED) is 0.893.